The quantitative estimate of drug-likeness (QED) is 0.287. The van der Waals surface area contributed by atoms with Gasteiger partial charge in [-0.1, -0.05) is 6.07 Å². The molecule has 0 aliphatic carbocycles. The second-order valence-electron chi connectivity index (χ2n) is 6.64. The molecule has 0 bridgehead atoms. The van der Waals surface area contributed by atoms with E-state index in [1.807, 2.05) is 0 Å². The number of rotatable bonds is 4. The van der Waals surface area contributed by atoms with Crippen LogP contribution in [0.15, 0.2) is 52.4 Å². The van der Waals surface area contributed by atoms with Crippen LogP contribution in [0.25, 0.3) is 5.69 Å². The summed E-state index contributed by atoms with van der Waals surface area (Å²) in [5.41, 5.74) is 1.20. The third-order valence-electron chi connectivity index (χ3n) is 4.43. The Morgan fingerprint density at radius 2 is 1.84 bits per heavy atom. The standard InChI is InChI=1S/C20H17F3N4O4/c1-10(24-25-18(30)12-6-7-15(28)16(29)8-12)17-11(2)26-27(19(17)31)14-5-3-4-13(9-14)20(21,22)23/h3-9,26,28-29H,1-2H3,(H,25,30). The smallest absolute Gasteiger partial charge is 0.416 e. The zero-order valence-corrected chi connectivity index (χ0v) is 16.3. The highest BCUT2D eigenvalue weighted by Crippen LogP contribution is 2.30. The number of hydrogen-bond donors (Lipinski definition) is 4. The van der Waals surface area contributed by atoms with Crippen molar-refractivity contribution in [3.63, 3.8) is 0 Å². The van der Waals surface area contributed by atoms with Crippen molar-refractivity contribution in [2.24, 2.45) is 5.10 Å². The number of amides is 1. The SMILES string of the molecule is CC(=NNC(=O)c1ccc(O)c(O)c1)c1c(C)[nH]n(-c2cccc(C(F)(F)F)c2)c1=O. The van der Waals surface area contributed by atoms with Crippen molar-refractivity contribution in [1.82, 2.24) is 15.2 Å². The Kier molecular flexibility index (Phi) is 5.60. The Hall–Kier alpha value is -4.02. The van der Waals surface area contributed by atoms with Crippen LogP contribution in [-0.4, -0.2) is 31.6 Å². The lowest BCUT2D eigenvalue weighted by Crippen LogP contribution is -2.23. The average Bonchev–Trinajstić information content (AvgIpc) is 3.01. The third-order valence-corrected chi connectivity index (χ3v) is 4.43. The molecular formula is C20H17F3N4O4. The lowest BCUT2D eigenvalue weighted by Gasteiger charge is -2.08. The van der Waals surface area contributed by atoms with Gasteiger partial charge in [-0.25, -0.2) is 10.1 Å². The maximum absolute atomic E-state index is 13.0. The van der Waals surface area contributed by atoms with E-state index in [0.717, 1.165) is 28.9 Å². The van der Waals surface area contributed by atoms with Gasteiger partial charge in [0.25, 0.3) is 11.5 Å². The Morgan fingerprint density at radius 1 is 1.13 bits per heavy atom. The van der Waals surface area contributed by atoms with Gasteiger partial charge in [0.15, 0.2) is 11.5 Å². The number of nitrogens with one attached hydrogen (secondary N) is 2. The van der Waals surface area contributed by atoms with Gasteiger partial charge in [0.2, 0.25) is 0 Å². The number of carbonyl (C=O) groups is 1. The average molecular weight is 434 g/mol. The molecule has 3 rings (SSSR count). The number of aromatic nitrogens is 2. The minimum Gasteiger partial charge on any atom is -0.504 e. The molecule has 0 atom stereocenters. The predicted octanol–water partition coefficient (Wildman–Crippen LogP) is 3.06. The normalized spacial score (nSPS) is 12.1. The summed E-state index contributed by atoms with van der Waals surface area (Å²) in [7, 11) is 0. The summed E-state index contributed by atoms with van der Waals surface area (Å²) in [6, 6.07) is 7.71. The topological polar surface area (TPSA) is 120 Å². The van der Waals surface area contributed by atoms with E-state index in [1.165, 1.54) is 25.1 Å². The van der Waals surface area contributed by atoms with Crippen LogP contribution < -0.4 is 11.0 Å². The van der Waals surface area contributed by atoms with Crippen molar-refractivity contribution in [3.05, 3.63) is 75.2 Å². The van der Waals surface area contributed by atoms with Crippen LogP contribution in [0.2, 0.25) is 0 Å². The van der Waals surface area contributed by atoms with Crippen LogP contribution in [0.1, 0.15) is 34.1 Å². The van der Waals surface area contributed by atoms with Gasteiger partial charge < -0.3 is 10.2 Å². The third kappa shape index (κ3) is 4.44. The molecule has 0 unspecified atom stereocenters. The van der Waals surface area contributed by atoms with E-state index in [2.05, 4.69) is 15.6 Å². The number of benzene rings is 2. The van der Waals surface area contributed by atoms with Gasteiger partial charge in [-0.05, 0) is 50.2 Å². The first-order chi connectivity index (χ1) is 14.5. The zero-order valence-electron chi connectivity index (χ0n) is 16.3. The number of carbonyl (C=O) groups excluding carboxylic acids is 1. The molecule has 1 amide bonds. The highest BCUT2D eigenvalue weighted by molar-refractivity contribution is 6.01. The molecule has 1 heterocycles. The zero-order chi connectivity index (χ0) is 22.9. The van der Waals surface area contributed by atoms with Gasteiger partial charge >= 0.3 is 6.18 Å². The molecule has 0 saturated carbocycles. The Morgan fingerprint density at radius 3 is 2.48 bits per heavy atom. The van der Waals surface area contributed by atoms with E-state index in [0.29, 0.717) is 5.69 Å². The van der Waals surface area contributed by atoms with Gasteiger partial charge in [-0.15, -0.1) is 0 Å². The van der Waals surface area contributed by atoms with Crippen molar-refractivity contribution < 1.29 is 28.2 Å². The monoisotopic (exact) mass is 434 g/mol. The summed E-state index contributed by atoms with van der Waals surface area (Å²) >= 11 is 0. The first kappa shape index (κ1) is 21.7. The number of hydrogen-bond acceptors (Lipinski definition) is 5. The van der Waals surface area contributed by atoms with Crippen molar-refractivity contribution >= 4 is 11.6 Å². The Bertz CT molecular complexity index is 1240. The molecule has 8 nitrogen and oxygen atoms in total. The van der Waals surface area contributed by atoms with Crippen molar-refractivity contribution in [1.29, 1.82) is 0 Å². The number of alkyl halides is 3. The molecule has 0 aliphatic rings. The van der Waals surface area contributed by atoms with Crippen molar-refractivity contribution in [2.75, 3.05) is 0 Å². The largest absolute Gasteiger partial charge is 0.504 e. The molecule has 0 saturated heterocycles. The highest BCUT2D eigenvalue weighted by Gasteiger charge is 2.30. The summed E-state index contributed by atoms with van der Waals surface area (Å²) in [6.45, 7) is 2.99. The number of halogens is 3. The minimum atomic E-state index is -4.56. The number of hydrazone groups is 1. The maximum Gasteiger partial charge on any atom is 0.416 e. The number of H-pyrrole nitrogens is 1. The van der Waals surface area contributed by atoms with Crippen molar-refractivity contribution in [3.8, 4) is 17.2 Å². The molecule has 11 heteroatoms. The first-order valence-electron chi connectivity index (χ1n) is 8.85. The molecule has 1 aromatic heterocycles. The van der Waals surface area contributed by atoms with E-state index in [-0.39, 0.29) is 22.5 Å². The second kappa shape index (κ2) is 8.01. The highest BCUT2D eigenvalue weighted by atomic mass is 19.4. The van der Waals surface area contributed by atoms with E-state index < -0.39 is 34.7 Å². The molecule has 0 fully saturated rings. The molecule has 0 spiro atoms. The summed E-state index contributed by atoms with van der Waals surface area (Å²) in [6.07, 6.45) is -4.56. The van der Waals surface area contributed by atoms with E-state index in [9.17, 15) is 33.0 Å². The van der Waals surface area contributed by atoms with Gasteiger partial charge in [0.05, 0.1) is 22.5 Å². The number of phenolic OH excluding ortho intramolecular Hbond substituents is 2. The lowest BCUT2D eigenvalue weighted by molar-refractivity contribution is -0.137. The Balaban J connectivity index is 1.90. The molecule has 2 aromatic carbocycles. The molecule has 0 aliphatic heterocycles. The number of phenols is 2. The van der Waals surface area contributed by atoms with E-state index in [1.54, 1.807) is 6.92 Å². The number of aryl methyl sites for hydroxylation is 1. The fraction of sp³-hybridized carbons (Fsp3) is 0.150. The molecule has 3 aromatic rings. The van der Waals surface area contributed by atoms with Crippen LogP contribution in [0, 0.1) is 6.92 Å². The fourth-order valence-electron chi connectivity index (χ4n) is 2.90. The Labute approximate surface area is 173 Å². The van der Waals surface area contributed by atoms with Crippen LogP contribution in [0.5, 0.6) is 11.5 Å². The van der Waals surface area contributed by atoms with Crippen LogP contribution in [0.3, 0.4) is 0 Å². The van der Waals surface area contributed by atoms with Gasteiger partial charge in [-0.2, -0.15) is 18.3 Å². The van der Waals surface area contributed by atoms with Crippen LogP contribution in [-0.2, 0) is 6.18 Å². The summed E-state index contributed by atoms with van der Waals surface area (Å²) in [5, 5.41) is 25.3. The summed E-state index contributed by atoms with van der Waals surface area (Å²) in [5.74, 6) is -1.59. The van der Waals surface area contributed by atoms with E-state index in [4.69, 9.17) is 0 Å². The van der Waals surface area contributed by atoms with Gasteiger partial charge in [0, 0.05) is 11.3 Å². The summed E-state index contributed by atoms with van der Waals surface area (Å²) < 4.78 is 39.9. The van der Waals surface area contributed by atoms with Crippen LogP contribution >= 0.6 is 0 Å². The molecule has 162 valence electrons. The number of aromatic amines is 1. The van der Waals surface area contributed by atoms with E-state index >= 15 is 0 Å². The fourth-order valence-corrected chi connectivity index (χ4v) is 2.90. The molecule has 31 heavy (non-hydrogen) atoms. The maximum atomic E-state index is 13.0. The number of aromatic hydroxyl groups is 2. The van der Waals surface area contributed by atoms with Gasteiger partial charge in [-0.3, -0.25) is 14.7 Å². The first-order valence-corrected chi connectivity index (χ1v) is 8.85. The van der Waals surface area contributed by atoms with Gasteiger partial charge in [0.1, 0.15) is 0 Å². The van der Waals surface area contributed by atoms with Crippen molar-refractivity contribution in [2.45, 2.75) is 20.0 Å². The molecular weight excluding hydrogens is 417 g/mol. The molecule has 0 radical (unpaired) electrons. The second-order valence-corrected chi connectivity index (χ2v) is 6.64. The number of nitrogens with zero attached hydrogens (tertiary/aromatic N) is 2. The lowest BCUT2D eigenvalue weighted by atomic mass is 10.1. The minimum absolute atomic E-state index is 0.00872. The predicted molar refractivity (Wildman–Crippen MR) is 106 cm³/mol. The molecule has 4 N–H and O–H groups in total. The summed E-state index contributed by atoms with van der Waals surface area (Å²) in [4.78, 5) is 24.9. The van der Waals surface area contributed by atoms with Crippen LogP contribution in [0.4, 0.5) is 13.2 Å².